The third-order valence-electron chi connectivity index (χ3n) is 5.59. The van der Waals surface area contributed by atoms with Crippen LogP contribution in [0, 0.1) is 11.6 Å². The molecule has 1 amide bonds. The Kier molecular flexibility index (Phi) is 6.26. The van der Waals surface area contributed by atoms with Crippen LogP contribution in [0.3, 0.4) is 0 Å². The summed E-state index contributed by atoms with van der Waals surface area (Å²) in [7, 11) is 0. The van der Waals surface area contributed by atoms with Crippen molar-refractivity contribution in [3.63, 3.8) is 0 Å². The van der Waals surface area contributed by atoms with Gasteiger partial charge in [0.1, 0.15) is 17.5 Å². The van der Waals surface area contributed by atoms with Crippen LogP contribution >= 0.6 is 0 Å². The number of aromatic amines is 1. The Bertz CT molecular complexity index is 1470. The van der Waals surface area contributed by atoms with Gasteiger partial charge in [-0.3, -0.25) is 4.79 Å². The summed E-state index contributed by atoms with van der Waals surface area (Å²) in [5.74, 6) is -0.0490. The molecule has 5 aromatic rings. The zero-order chi connectivity index (χ0) is 24.2. The fraction of sp³-hybridized carbons (Fsp3) is 0.111. The normalized spacial score (nSPS) is 11.0. The second-order valence-corrected chi connectivity index (χ2v) is 8.03. The lowest BCUT2D eigenvalue weighted by Crippen LogP contribution is -2.24. The SMILES string of the molecule is O=C(NCCCc1ncc[nH]1)c1ccc2nc(-c3ccc(F)cc3)c(-c3ccc(F)cc3)nc2c1. The number of hydrogen-bond donors (Lipinski definition) is 2. The second kappa shape index (κ2) is 9.80. The van der Waals surface area contributed by atoms with Gasteiger partial charge in [0, 0.05) is 42.0 Å². The van der Waals surface area contributed by atoms with Gasteiger partial charge in [-0.15, -0.1) is 0 Å². The maximum Gasteiger partial charge on any atom is 0.251 e. The Morgan fingerprint density at radius 1 is 0.829 bits per heavy atom. The van der Waals surface area contributed by atoms with Crippen molar-refractivity contribution in [1.82, 2.24) is 25.3 Å². The van der Waals surface area contributed by atoms with Crippen LogP contribution in [0.25, 0.3) is 33.5 Å². The molecular weight excluding hydrogens is 448 g/mol. The fourth-order valence-electron chi connectivity index (χ4n) is 3.81. The molecule has 174 valence electrons. The molecule has 2 heterocycles. The minimum Gasteiger partial charge on any atom is -0.352 e. The first kappa shape index (κ1) is 22.3. The molecule has 0 aliphatic rings. The summed E-state index contributed by atoms with van der Waals surface area (Å²) in [4.78, 5) is 29.4. The molecule has 0 aliphatic heterocycles. The van der Waals surface area contributed by atoms with Gasteiger partial charge in [0.05, 0.1) is 22.4 Å². The fourth-order valence-corrected chi connectivity index (χ4v) is 3.81. The first-order valence-electron chi connectivity index (χ1n) is 11.2. The van der Waals surface area contributed by atoms with E-state index in [1.807, 2.05) is 0 Å². The number of halogens is 2. The Morgan fingerprint density at radius 3 is 2.06 bits per heavy atom. The lowest BCUT2D eigenvalue weighted by molar-refractivity contribution is 0.0953. The van der Waals surface area contributed by atoms with Crippen molar-refractivity contribution < 1.29 is 13.6 Å². The summed E-state index contributed by atoms with van der Waals surface area (Å²) in [6.45, 7) is 0.508. The number of hydrogen-bond acceptors (Lipinski definition) is 4. The third kappa shape index (κ3) is 5.06. The molecule has 0 aliphatic carbocycles. The number of carbonyl (C=O) groups excluding carboxylic acids is 1. The Labute approximate surface area is 200 Å². The van der Waals surface area contributed by atoms with Crippen LogP contribution in [0.4, 0.5) is 8.78 Å². The van der Waals surface area contributed by atoms with Gasteiger partial charge in [-0.05, 0) is 73.2 Å². The van der Waals surface area contributed by atoms with Crippen molar-refractivity contribution in [2.75, 3.05) is 6.54 Å². The summed E-state index contributed by atoms with van der Waals surface area (Å²) >= 11 is 0. The summed E-state index contributed by atoms with van der Waals surface area (Å²) in [5, 5.41) is 2.92. The number of benzene rings is 3. The number of aromatic nitrogens is 4. The molecule has 0 bridgehead atoms. The topological polar surface area (TPSA) is 83.6 Å². The van der Waals surface area contributed by atoms with Gasteiger partial charge in [-0.25, -0.2) is 23.7 Å². The molecule has 0 radical (unpaired) electrons. The quantitative estimate of drug-likeness (QED) is 0.316. The van der Waals surface area contributed by atoms with Crippen molar-refractivity contribution in [2.45, 2.75) is 12.8 Å². The molecule has 0 unspecified atom stereocenters. The predicted octanol–water partition coefficient (Wildman–Crippen LogP) is 5.33. The molecular formula is C27H21F2N5O. The van der Waals surface area contributed by atoms with Crippen LogP contribution in [0.1, 0.15) is 22.6 Å². The lowest BCUT2D eigenvalue weighted by atomic mass is 10.0. The van der Waals surface area contributed by atoms with E-state index in [4.69, 9.17) is 9.97 Å². The van der Waals surface area contributed by atoms with Crippen LogP contribution in [-0.2, 0) is 6.42 Å². The van der Waals surface area contributed by atoms with Crippen LogP contribution in [-0.4, -0.2) is 32.4 Å². The molecule has 0 spiro atoms. The Morgan fingerprint density at radius 2 is 1.46 bits per heavy atom. The van der Waals surface area contributed by atoms with Crippen LogP contribution in [0.2, 0.25) is 0 Å². The molecule has 2 aromatic heterocycles. The van der Waals surface area contributed by atoms with Crippen molar-refractivity contribution in [1.29, 1.82) is 0 Å². The molecule has 0 atom stereocenters. The molecule has 0 saturated carbocycles. The van der Waals surface area contributed by atoms with Crippen LogP contribution in [0.5, 0.6) is 0 Å². The van der Waals surface area contributed by atoms with Crippen LogP contribution < -0.4 is 5.32 Å². The summed E-state index contributed by atoms with van der Waals surface area (Å²) in [6, 6.07) is 17.0. The lowest BCUT2D eigenvalue weighted by Gasteiger charge is -2.12. The monoisotopic (exact) mass is 469 g/mol. The van der Waals surface area contributed by atoms with E-state index < -0.39 is 0 Å². The van der Waals surface area contributed by atoms with Gasteiger partial charge >= 0.3 is 0 Å². The van der Waals surface area contributed by atoms with Crippen molar-refractivity contribution >= 4 is 16.9 Å². The zero-order valence-corrected chi connectivity index (χ0v) is 18.6. The van der Waals surface area contributed by atoms with E-state index in [2.05, 4.69) is 15.3 Å². The van der Waals surface area contributed by atoms with Gasteiger partial charge in [0.25, 0.3) is 5.91 Å². The molecule has 8 heteroatoms. The maximum atomic E-state index is 13.5. The van der Waals surface area contributed by atoms with Gasteiger partial charge in [0.15, 0.2) is 0 Å². The predicted molar refractivity (Wildman–Crippen MR) is 130 cm³/mol. The minimum absolute atomic E-state index is 0.209. The Hall–Kier alpha value is -4.46. The molecule has 6 nitrogen and oxygen atoms in total. The largest absolute Gasteiger partial charge is 0.352 e. The number of H-pyrrole nitrogens is 1. The van der Waals surface area contributed by atoms with Crippen molar-refractivity contribution in [3.8, 4) is 22.5 Å². The van der Waals surface area contributed by atoms with E-state index >= 15 is 0 Å². The molecule has 5 rings (SSSR count). The third-order valence-corrected chi connectivity index (χ3v) is 5.59. The first-order valence-corrected chi connectivity index (χ1v) is 11.2. The number of fused-ring (bicyclic) bond motifs is 1. The van der Waals surface area contributed by atoms with E-state index in [1.54, 1.807) is 54.9 Å². The van der Waals surface area contributed by atoms with E-state index in [1.165, 1.54) is 24.3 Å². The molecule has 3 aromatic carbocycles. The average Bonchev–Trinajstić information content (AvgIpc) is 3.40. The van der Waals surface area contributed by atoms with Gasteiger partial charge in [-0.2, -0.15) is 0 Å². The van der Waals surface area contributed by atoms with E-state index in [9.17, 15) is 13.6 Å². The number of carbonyl (C=O) groups is 1. The number of amides is 1. The van der Waals surface area contributed by atoms with E-state index in [0.29, 0.717) is 45.7 Å². The number of imidazole rings is 1. The van der Waals surface area contributed by atoms with Crippen LogP contribution in [0.15, 0.2) is 79.1 Å². The highest BCUT2D eigenvalue weighted by Gasteiger charge is 2.15. The molecule has 2 N–H and O–H groups in total. The van der Waals surface area contributed by atoms with Gasteiger partial charge < -0.3 is 10.3 Å². The number of nitrogens with one attached hydrogen (secondary N) is 2. The highest BCUT2D eigenvalue weighted by atomic mass is 19.1. The first-order chi connectivity index (χ1) is 17.1. The van der Waals surface area contributed by atoms with E-state index in [0.717, 1.165) is 18.7 Å². The maximum absolute atomic E-state index is 13.5. The molecule has 0 fully saturated rings. The average molecular weight is 469 g/mol. The number of rotatable bonds is 7. The minimum atomic E-state index is -0.364. The smallest absolute Gasteiger partial charge is 0.251 e. The standard InChI is InChI=1S/C27H21F2N5O/c28-20-8-3-17(4-9-20)25-26(18-5-10-21(29)11-6-18)34-23-16-19(7-12-22(23)33-25)27(35)32-13-1-2-24-30-14-15-31-24/h3-12,14-16H,1-2,13H2,(H,30,31)(H,32,35). The van der Waals surface area contributed by atoms with Gasteiger partial charge in [-0.1, -0.05) is 0 Å². The zero-order valence-electron chi connectivity index (χ0n) is 18.6. The highest BCUT2D eigenvalue weighted by Crippen LogP contribution is 2.31. The van der Waals surface area contributed by atoms with E-state index in [-0.39, 0.29) is 17.5 Å². The number of aryl methyl sites for hydroxylation is 1. The summed E-state index contributed by atoms with van der Waals surface area (Å²) in [5.41, 5.74) is 3.97. The van der Waals surface area contributed by atoms with Gasteiger partial charge in [0.2, 0.25) is 0 Å². The second-order valence-electron chi connectivity index (χ2n) is 8.03. The van der Waals surface area contributed by atoms with Crippen molar-refractivity contribution in [2.24, 2.45) is 0 Å². The Balaban J connectivity index is 1.45. The van der Waals surface area contributed by atoms with Crippen molar-refractivity contribution in [3.05, 3.63) is 102 Å². The highest BCUT2D eigenvalue weighted by molar-refractivity contribution is 5.98. The summed E-state index contributed by atoms with van der Waals surface area (Å²) in [6.07, 6.45) is 4.96. The number of nitrogens with zero attached hydrogens (tertiary/aromatic N) is 3. The summed E-state index contributed by atoms with van der Waals surface area (Å²) < 4.78 is 27.1. The molecule has 0 saturated heterocycles. The molecule has 35 heavy (non-hydrogen) atoms.